The van der Waals surface area contributed by atoms with Crippen LogP contribution < -0.4 is 10.9 Å². The first-order valence-electron chi connectivity index (χ1n) is 9.98. The predicted molar refractivity (Wildman–Crippen MR) is 114 cm³/mol. The number of sulfonamides is 1. The molecule has 0 unspecified atom stereocenters. The second kappa shape index (κ2) is 9.44. The molecule has 1 fully saturated rings. The van der Waals surface area contributed by atoms with Gasteiger partial charge >= 0.3 is 5.97 Å². The van der Waals surface area contributed by atoms with Crippen molar-refractivity contribution in [1.82, 2.24) is 8.87 Å². The van der Waals surface area contributed by atoms with Gasteiger partial charge in [0, 0.05) is 31.0 Å². The molecule has 1 saturated heterocycles. The van der Waals surface area contributed by atoms with Crippen molar-refractivity contribution in [2.45, 2.75) is 44.2 Å². The first kappa shape index (κ1) is 22.7. The zero-order valence-corrected chi connectivity index (χ0v) is 18.2. The van der Waals surface area contributed by atoms with Crippen LogP contribution >= 0.6 is 0 Å². The van der Waals surface area contributed by atoms with E-state index in [1.165, 1.54) is 28.7 Å². The van der Waals surface area contributed by atoms with Gasteiger partial charge in [-0.2, -0.15) is 4.31 Å². The van der Waals surface area contributed by atoms with Crippen LogP contribution in [0.3, 0.4) is 0 Å². The lowest BCUT2D eigenvalue weighted by atomic mass is 10.2. The van der Waals surface area contributed by atoms with E-state index in [9.17, 15) is 22.8 Å². The maximum Gasteiger partial charge on any atom is 0.338 e. The number of pyridine rings is 1. The molecule has 0 aliphatic carbocycles. The number of carbonyl (C=O) groups excluding carboxylic acids is 2. The van der Waals surface area contributed by atoms with Gasteiger partial charge in [-0.15, -0.1) is 0 Å². The minimum Gasteiger partial charge on any atom is -0.459 e. The van der Waals surface area contributed by atoms with Crippen LogP contribution in [-0.4, -0.2) is 48.4 Å². The Hall–Kier alpha value is -2.98. The van der Waals surface area contributed by atoms with E-state index >= 15 is 0 Å². The number of nitrogens with one attached hydrogen (secondary N) is 1. The molecule has 9 nitrogen and oxygen atoms in total. The van der Waals surface area contributed by atoms with Crippen LogP contribution in [-0.2, 0) is 26.1 Å². The summed E-state index contributed by atoms with van der Waals surface area (Å²) in [7, 11) is -3.70. The lowest BCUT2D eigenvalue weighted by Crippen LogP contribution is -2.31. The SMILES string of the molecule is CC(C)OC(=O)c1ccc(NC(=O)Cn2cc(S(=O)(=O)N3CCCC3)ccc2=O)cc1. The van der Waals surface area contributed by atoms with E-state index in [1.54, 1.807) is 26.0 Å². The fourth-order valence-electron chi connectivity index (χ4n) is 3.19. The molecular weight excluding hydrogens is 422 g/mol. The fourth-order valence-corrected chi connectivity index (χ4v) is 4.73. The summed E-state index contributed by atoms with van der Waals surface area (Å²) in [5, 5.41) is 2.63. The van der Waals surface area contributed by atoms with Gasteiger partial charge in [-0.05, 0) is 57.0 Å². The molecule has 31 heavy (non-hydrogen) atoms. The molecule has 1 aliphatic heterocycles. The summed E-state index contributed by atoms with van der Waals surface area (Å²) in [6, 6.07) is 8.55. The Kier molecular flexibility index (Phi) is 6.91. The van der Waals surface area contributed by atoms with E-state index < -0.39 is 27.5 Å². The average molecular weight is 448 g/mol. The number of hydrogen-bond acceptors (Lipinski definition) is 6. The number of anilines is 1. The summed E-state index contributed by atoms with van der Waals surface area (Å²) in [4.78, 5) is 36.4. The van der Waals surface area contributed by atoms with Crippen molar-refractivity contribution >= 4 is 27.6 Å². The Morgan fingerprint density at radius 2 is 1.71 bits per heavy atom. The van der Waals surface area contributed by atoms with Gasteiger partial charge in [0.1, 0.15) is 6.54 Å². The highest BCUT2D eigenvalue weighted by molar-refractivity contribution is 7.89. The van der Waals surface area contributed by atoms with Gasteiger partial charge in [0.25, 0.3) is 5.56 Å². The van der Waals surface area contributed by atoms with Crippen molar-refractivity contribution in [3.05, 3.63) is 58.5 Å². The zero-order valence-electron chi connectivity index (χ0n) is 17.4. The van der Waals surface area contributed by atoms with Crippen LogP contribution in [0.5, 0.6) is 0 Å². The Labute approximate surface area is 180 Å². The molecule has 0 radical (unpaired) electrons. The summed E-state index contributed by atoms with van der Waals surface area (Å²) in [5.74, 6) is -0.967. The van der Waals surface area contributed by atoms with Crippen LogP contribution in [0, 0.1) is 0 Å². The van der Waals surface area contributed by atoms with E-state index in [1.807, 2.05) is 0 Å². The summed E-state index contributed by atoms with van der Waals surface area (Å²) in [5.41, 5.74) is 0.296. The lowest BCUT2D eigenvalue weighted by Gasteiger charge is -2.16. The largest absolute Gasteiger partial charge is 0.459 e. The highest BCUT2D eigenvalue weighted by Crippen LogP contribution is 2.19. The van der Waals surface area contributed by atoms with Gasteiger partial charge < -0.3 is 14.6 Å². The van der Waals surface area contributed by atoms with Crippen molar-refractivity contribution in [3.63, 3.8) is 0 Å². The number of rotatable bonds is 7. The minimum atomic E-state index is -3.70. The molecule has 0 saturated carbocycles. The van der Waals surface area contributed by atoms with Crippen molar-refractivity contribution in [3.8, 4) is 0 Å². The molecule has 1 N–H and O–H groups in total. The molecule has 2 heterocycles. The lowest BCUT2D eigenvalue weighted by molar-refractivity contribution is -0.116. The number of carbonyl (C=O) groups is 2. The van der Waals surface area contributed by atoms with Crippen LogP contribution in [0.4, 0.5) is 5.69 Å². The zero-order chi connectivity index (χ0) is 22.6. The van der Waals surface area contributed by atoms with E-state index in [-0.39, 0.29) is 17.5 Å². The fraction of sp³-hybridized carbons (Fsp3) is 0.381. The van der Waals surface area contributed by atoms with Gasteiger partial charge in [-0.1, -0.05) is 0 Å². The van der Waals surface area contributed by atoms with Crippen LogP contribution in [0.15, 0.2) is 52.3 Å². The Bertz CT molecular complexity index is 1120. The molecule has 0 spiro atoms. The quantitative estimate of drug-likeness (QED) is 0.648. The Morgan fingerprint density at radius 3 is 2.32 bits per heavy atom. The first-order valence-corrected chi connectivity index (χ1v) is 11.4. The van der Waals surface area contributed by atoms with Crippen molar-refractivity contribution in [1.29, 1.82) is 0 Å². The van der Waals surface area contributed by atoms with E-state index in [0.717, 1.165) is 23.5 Å². The van der Waals surface area contributed by atoms with Gasteiger partial charge in [-0.3, -0.25) is 9.59 Å². The Balaban J connectivity index is 1.69. The minimum absolute atomic E-state index is 0.0187. The van der Waals surface area contributed by atoms with Gasteiger partial charge in [-0.25, -0.2) is 13.2 Å². The molecule has 0 atom stereocenters. The molecule has 0 bridgehead atoms. The van der Waals surface area contributed by atoms with Crippen LogP contribution in [0.2, 0.25) is 0 Å². The van der Waals surface area contributed by atoms with Crippen LogP contribution in [0.25, 0.3) is 0 Å². The van der Waals surface area contributed by atoms with Crippen LogP contribution in [0.1, 0.15) is 37.0 Å². The molecule has 3 rings (SSSR count). The monoisotopic (exact) mass is 447 g/mol. The number of aromatic nitrogens is 1. The van der Waals surface area contributed by atoms with E-state index in [0.29, 0.717) is 24.3 Å². The highest BCUT2D eigenvalue weighted by Gasteiger charge is 2.27. The second-order valence-corrected chi connectivity index (χ2v) is 9.46. The number of hydrogen-bond donors (Lipinski definition) is 1. The number of amides is 1. The van der Waals surface area contributed by atoms with Gasteiger partial charge in [0.2, 0.25) is 15.9 Å². The number of nitrogens with zero attached hydrogens (tertiary/aromatic N) is 2. The number of ether oxygens (including phenoxy) is 1. The predicted octanol–water partition coefficient (Wildman–Crippen LogP) is 1.84. The summed E-state index contributed by atoms with van der Waals surface area (Å²) in [6.07, 6.45) is 2.56. The molecule has 1 amide bonds. The van der Waals surface area contributed by atoms with Crippen molar-refractivity contribution in [2.75, 3.05) is 18.4 Å². The molecule has 1 aromatic heterocycles. The molecule has 1 aromatic carbocycles. The normalized spacial score (nSPS) is 14.5. The average Bonchev–Trinajstić information content (AvgIpc) is 3.25. The summed E-state index contributed by atoms with van der Waals surface area (Å²) >= 11 is 0. The molecule has 10 heteroatoms. The van der Waals surface area contributed by atoms with Gasteiger partial charge in [0.05, 0.1) is 16.6 Å². The maximum atomic E-state index is 12.7. The number of benzene rings is 1. The smallest absolute Gasteiger partial charge is 0.338 e. The topological polar surface area (TPSA) is 115 Å². The van der Waals surface area contributed by atoms with Gasteiger partial charge in [0.15, 0.2) is 0 Å². The maximum absolute atomic E-state index is 12.7. The highest BCUT2D eigenvalue weighted by atomic mass is 32.2. The molecule has 1 aliphatic rings. The molecule has 166 valence electrons. The third-order valence-corrected chi connectivity index (χ3v) is 6.60. The van der Waals surface area contributed by atoms with Crippen molar-refractivity contribution in [2.24, 2.45) is 0 Å². The molecular formula is C21H25N3O6S. The van der Waals surface area contributed by atoms with E-state index in [2.05, 4.69) is 5.32 Å². The Morgan fingerprint density at radius 1 is 1.06 bits per heavy atom. The third kappa shape index (κ3) is 5.59. The second-order valence-electron chi connectivity index (χ2n) is 7.52. The molecule has 2 aromatic rings. The van der Waals surface area contributed by atoms with Crippen molar-refractivity contribution < 1.29 is 22.7 Å². The summed E-state index contributed by atoms with van der Waals surface area (Å²) < 4.78 is 32.9. The first-order chi connectivity index (χ1) is 14.7. The number of esters is 1. The standard InChI is InChI=1S/C21H25N3O6S/c1-15(2)30-21(27)16-5-7-17(8-6-16)22-19(25)14-23-13-18(9-10-20(23)26)31(28,29)24-11-3-4-12-24/h5-10,13,15H,3-4,11-12,14H2,1-2H3,(H,22,25). The summed E-state index contributed by atoms with van der Waals surface area (Å²) in [6.45, 7) is 4.05. The van der Waals surface area contributed by atoms with E-state index in [4.69, 9.17) is 4.74 Å². The third-order valence-electron chi connectivity index (χ3n) is 4.72.